The number of methoxy groups -OCH3 is 1. The fourth-order valence-corrected chi connectivity index (χ4v) is 4.85. The van der Waals surface area contributed by atoms with E-state index in [-0.39, 0.29) is 6.61 Å². The minimum absolute atomic E-state index is 0.106. The summed E-state index contributed by atoms with van der Waals surface area (Å²) in [5.74, 6) is 2.23. The highest BCUT2D eigenvalue weighted by Crippen LogP contribution is 2.36. The van der Waals surface area contributed by atoms with Gasteiger partial charge in [-0.25, -0.2) is 0 Å². The molecule has 0 aromatic carbocycles. The molecule has 4 rings (SSSR count). The van der Waals surface area contributed by atoms with Gasteiger partial charge in [0.15, 0.2) is 5.82 Å². The Hall–Kier alpha value is -2.90. The SMILES string of the molecule is COc1cc(Nc2cc(CO)[nH]n2)nc(N(C)C2C[C@H]3CCC[C@@H](C2)N3CCC#N)n1. The van der Waals surface area contributed by atoms with Crippen LogP contribution in [0.25, 0.3) is 0 Å². The lowest BCUT2D eigenvalue weighted by Crippen LogP contribution is -2.56. The van der Waals surface area contributed by atoms with Gasteiger partial charge in [0, 0.05) is 50.3 Å². The number of ether oxygens (including phenoxy) is 1. The van der Waals surface area contributed by atoms with Crippen molar-refractivity contribution >= 4 is 17.6 Å². The van der Waals surface area contributed by atoms with E-state index in [9.17, 15) is 5.11 Å². The average Bonchev–Trinajstić information content (AvgIpc) is 3.23. The van der Waals surface area contributed by atoms with Crippen LogP contribution in [0.2, 0.25) is 0 Å². The molecule has 2 aromatic rings. The Morgan fingerprint density at radius 3 is 2.71 bits per heavy atom. The first-order chi connectivity index (χ1) is 15.1. The van der Waals surface area contributed by atoms with Gasteiger partial charge in [-0.05, 0) is 25.7 Å². The van der Waals surface area contributed by atoms with Gasteiger partial charge in [0.05, 0.1) is 25.5 Å². The van der Waals surface area contributed by atoms with Gasteiger partial charge in [0.25, 0.3) is 0 Å². The molecule has 10 nitrogen and oxygen atoms in total. The predicted molar refractivity (Wildman–Crippen MR) is 116 cm³/mol. The number of H-pyrrole nitrogens is 1. The van der Waals surface area contributed by atoms with Crippen LogP contribution in [-0.2, 0) is 6.61 Å². The lowest BCUT2D eigenvalue weighted by molar-refractivity contribution is 0.0325. The second kappa shape index (κ2) is 9.49. The Kier molecular flexibility index (Phi) is 6.53. The van der Waals surface area contributed by atoms with Gasteiger partial charge in [-0.1, -0.05) is 6.42 Å². The minimum atomic E-state index is -0.106. The maximum absolute atomic E-state index is 9.22. The van der Waals surface area contributed by atoms with Crippen LogP contribution in [0.3, 0.4) is 0 Å². The summed E-state index contributed by atoms with van der Waals surface area (Å²) in [6.07, 6.45) is 6.31. The molecule has 0 amide bonds. The summed E-state index contributed by atoms with van der Waals surface area (Å²) >= 11 is 0. The fourth-order valence-electron chi connectivity index (χ4n) is 4.85. The molecule has 2 aromatic heterocycles. The van der Waals surface area contributed by atoms with Crippen LogP contribution in [0.15, 0.2) is 12.1 Å². The Balaban J connectivity index is 1.51. The number of fused-ring (bicyclic) bond motifs is 2. The summed E-state index contributed by atoms with van der Waals surface area (Å²) in [7, 11) is 3.63. The maximum Gasteiger partial charge on any atom is 0.230 e. The van der Waals surface area contributed by atoms with Gasteiger partial charge in [-0.2, -0.15) is 20.3 Å². The number of aliphatic hydroxyl groups excluding tert-OH is 1. The van der Waals surface area contributed by atoms with Crippen molar-refractivity contribution in [3.05, 3.63) is 17.8 Å². The number of aliphatic hydroxyl groups is 1. The molecule has 0 radical (unpaired) electrons. The summed E-state index contributed by atoms with van der Waals surface area (Å²) in [6.45, 7) is 0.761. The smallest absolute Gasteiger partial charge is 0.230 e. The van der Waals surface area contributed by atoms with Gasteiger partial charge < -0.3 is 20.1 Å². The largest absolute Gasteiger partial charge is 0.481 e. The molecule has 2 aliphatic heterocycles. The molecular formula is C21H30N8O2. The van der Waals surface area contributed by atoms with Crippen LogP contribution in [-0.4, -0.2) is 69.0 Å². The van der Waals surface area contributed by atoms with Crippen molar-refractivity contribution in [1.82, 2.24) is 25.1 Å². The monoisotopic (exact) mass is 426 g/mol. The van der Waals surface area contributed by atoms with Crippen molar-refractivity contribution in [3.8, 4) is 11.9 Å². The van der Waals surface area contributed by atoms with E-state index in [2.05, 4.69) is 36.4 Å². The zero-order valence-corrected chi connectivity index (χ0v) is 18.1. The van der Waals surface area contributed by atoms with E-state index in [1.807, 2.05) is 7.05 Å². The number of hydrogen-bond acceptors (Lipinski definition) is 9. The van der Waals surface area contributed by atoms with Crippen molar-refractivity contribution in [3.63, 3.8) is 0 Å². The predicted octanol–water partition coefficient (Wildman–Crippen LogP) is 2.18. The van der Waals surface area contributed by atoms with E-state index >= 15 is 0 Å². The van der Waals surface area contributed by atoms with Gasteiger partial charge in [0.1, 0.15) is 5.82 Å². The lowest BCUT2D eigenvalue weighted by atomic mass is 9.81. The highest BCUT2D eigenvalue weighted by atomic mass is 16.5. The fraction of sp³-hybridized carbons (Fsp3) is 0.619. The second-order valence-corrected chi connectivity index (χ2v) is 8.28. The molecule has 4 heterocycles. The summed E-state index contributed by atoms with van der Waals surface area (Å²) in [5, 5.41) is 28.3. The summed E-state index contributed by atoms with van der Waals surface area (Å²) in [5.41, 5.74) is 0.621. The molecule has 2 aliphatic rings. The van der Waals surface area contributed by atoms with Crippen LogP contribution in [0.1, 0.15) is 44.2 Å². The number of piperidine rings is 2. The van der Waals surface area contributed by atoms with Crippen LogP contribution in [0, 0.1) is 11.3 Å². The summed E-state index contributed by atoms with van der Waals surface area (Å²) in [6, 6.07) is 7.11. The summed E-state index contributed by atoms with van der Waals surface area (Å²) < 4.78 is 5.41. The molecule has 0 aliphatic carbocycles. The van der Waals surface area contributed by atoms with Gasteiger partial charge >= 0.3 is 0 Å². The van der Waals surface area contributed by atoms with Crippen molar-refractivity contribution < 1.29 is 9.84 Å². The molecule has 10 heteroatoms. The van der Waals surface area contributed by atoms with Gasteiger partial charge in [-0.15, -0.1) is 0 Å². The van der Waals surface area contributed by atoms with Crippen molar-refractivity contribution in [2.24, 2.45) is 0 Å². The van der Waals surface area contributed by atoms with Gasteiger partial charge in [0.2, 0.25) is 11.8 Å². The van der Waals surface area contributed by atoms with E-state index in [1.165, 1.54) is 19.3 Å². The first-order valence-corrected chi connectivity index (χ1v) is 10.8. The first kappa shape index (κ1) is 21.3. The zero-order valence-electron chi connectivity index (χ0n) is 18.1. The quantitative estimate of drug-likeness (QED) is 0.582. The molecular weight excluding hydrogens is 396 g/mol. The van der Waals surface area contributed by atoms with E-state index in [0.29, 0.717) is 53.7 Å². The topological polar surface area (TPSA) is 126 Å². The highest BCUT2D eigenvalue weighted by Gasteiger charge is 2.39. The number of nitrogens with one attached hydrogen (secondary N) is 2. The molecule has 31 heavy (non-hydrogen) atoms. The third-order valence-corrected chi connectivity index (χ3v) is 6.40. The number of nitrogens with zero attached hydrogens (tertiary/aromatic N) is 6. The number of hydrogen-bond donors (Lipinski definition) is 3. The Labute approximate surface area is 182 Å². The first-order valence-electron chi connectivity index (χ1n) is 10.8. The number of aromatic nitrogens is 4. The van der Waals surface area contributed by atoms with E-state index in [0.717, 1.165) is 19.4 Å². The Morgan fingerprint density at radius 2 is 2.06 bits per heavy atom. The molecule has 3 N–H and O–H groups in total. The van der Waals surface area contributed by atoms with Crippen LogP contribution < -0.4 is 15.0 Å². The lowest BCUT2D eigenvalue weighted by Gasteiger charge is -2.50. The Bertz CT molecular complexity index is 912. The molecule has 2 saturated heterocycles. The molecule has 1 unspecified atom stereocenters. The van der Waals surface area contributed by atoms with Crippen LogP contribution in [0.5, 0.6) is 5.88 Å². The number of nitriles is 1. The number of aromatic amines is 1. The molecule has 2 fully saturated rings. The standard InChI is InChI=1S/C21H30N8O2/c1-28(17-10-15-5-3-6-16(11-17)29(15)8-4-7-22)21-24-18(12-20(25-21)31-2)23-19-9-14(13-30)26-27-19/h9,12,15-17,30H,3-6,8,10-11,13H2,1-2H3,(H2,23,24,25,26,27)/t15-,16+,17?. The van der Waals surface area contributed by atoms with Crippen molar-refractivity contribution in [2.45, 2.75) is 63.3 Å². The normalized spacial score (nSPS) is 23.2. The molecule has 0 saturated carbocycles. The van der Waals surface area contributed by atoms with E-state index in [4.69, 9.17) is 15.0 Å². The Morgan fingerprint density at radius 1 is 1.29 bits per heavy atom. The third kappa shape index (κ3) is 4.73. The average molecular weight is 427 g/mol. The zero-order chi connectivity index (χ0) is 21.8. The number of rotatable bonds is 8. The molecule has 0 spiro atoms. The number of anilines is 3. The highest BCUT2D eigenvalue weighted by molar-refractivity contribution is 5.55. The molecule has 166 valence electrons. The van der Waals surface area contributed by atoms with E-state index in [1.54, 1.807) is 19.2 Å². The minimum Gasteiger partial charge on any atom is -0.481 e. The molecule has 2 bridgehead atoms. The van der Waals surface area contributed by atoms with Crippen molar-refractivity contribution in [1.29, 1.82) is 5.26 Å². The van der Waals surface area contributed by atoms with E-state index < -0.39 is 0 Å². The maximum atomic E-state index is 9.22. The molecule has 3 atom stereocenters. The van der Waals surface area contributed by atoms with Crippen LogP contribution >= 0.6 is 0 Å². The van der Waals surface area contributed by atoms with Crippen molar-refractivity contribution in [2.75, 3.05) is 30.9 Å². The summed E-state index contributed by atoms with van der Waals surface area (Å²) in [4.78, 5) is 14.0. The second-order valence-electron chi connectivity index (χ2n) is 8.28. The third-order valence-electron chi connectivity index (χ3n) is 6.40. The van der Waals surface area contributed by atoms with Crippen LogP contribution in [0.4, 0.5) is 17.6 Å². The van der Waals surface area contributed by atoms with Gasteiger partial charge in [-0.3, -0.25) is 10.00 Å².